The third-order valence-electron chi connectivity index (χ3n) is 7.83. The molecular weight excluding hydrogens is 675 g/mol. The molecule has 5 aromatic rings. The van der Waals surface area contributed by atoms with Crippen molar-refractivity contribution >= 4 is 51.4 Å². The Balaban J connectivity index is 1.21. The molecule has 5 N–H and O–H groups in total. The molecule has 3 aromatic carbocycles. The Kier molecular flexibility index (Phi) is 9.20. The van der Waals surface area contributed by atoms with Gasteiger partial charge in [0.1, 0.15) is 30.7 Å². The average molecular weight is 701 g/mol. The molecule has 1 aliphatic rings. The first-order valence-corrected chi connectivity index (χ1v) is 15.1. The standard InChI is InChI=1S/C32H26ClF5N8O3/c33-22-6-2-1-4-19(22)20-5-3-7-23(27(20)35)43-30(49)25-10-16(34)14-45(25)26(47)15-46-24-9-8-17(11-21(24)28(44-46)29(39)48)42-18-12-40-31(41-13-18)32(36,37)38/h1-9,11-13,16,25,29,42,48H,10,14-15,39H2,(H,43,49)/t16-,25+,29?/m1/s1. The molecule has 0 bridgehead atoms. The molecule has 1 fully saturated rings. The number of nitrogens with one attached hydrogen (secondary N) is 2. The van der Waals surface area contributed by atoms with E-state index in [1.807, 2.05) is 0 Å². The average Bonchev–Trinajstić information content (AvgIpc) is 3.63. The molecule has 49 heavy (non-hydrogen) atoms. The number of benzene rings is 3. The van der Waals surface area contributed by atoms with Crippen LogP contribution in [0, 0.1) is 5.82 Å². The molecule has 11 nitrogen and oxygen atoms in total. The fraction of sp³-hybridized carbons (Fsp3) is 0.219. The number of hydrogen-bond donors (Lipinski definition) is 4. The summed E-state index contributed by atoms with van der Waals surface area (Å²) in [6.07, 6.45) is -6.24. The van der Waals surface area contributed by atoms with E-state index in [1.165, 1.54) is 41.1 Å². The number of fused-ring (bicyclic) bond motifs is 1. The summed E-state index contributed by atoms with van der Waals surface area (Å²) in [5.74, 6) is -3.54. The minimum absolute atomic E-state index is 0.0249. The largest absolute Gasteiger partial charge is 0.451 e. The molecule has 2 aromatic heterocycles. The van der Waals surface area contributed by atoms with Crippen molar-refractivity contribution in [2.75, 3.05) is 17.2 Å². The second-order valence-corrected chi connectivity index (χ2v) is 11.6. The van der Waals surface area contributed by atoms with Crippen LogP contribution >= 0.6 is 11.6 Å². The minimum atomic E-state index is -4.71. The predicted molar refractivity (Wildman–Crippen MR) is 170 cm³/mol. The van der Waals surface area contributed by atoms with E-state index in [0.29, 0.717) is 27.2 Å². The molecule has 2 amide bonds. The van der Waals surface area contributed by atoms with Gasteiger partial charge in [0.2, 0.25) is 17.6 Å². The van der Waals surface area contributed by atoms with Crippen molar-refractivity contribution in [3.05, 3.63) is 95.4 Å². The number of amides is 2. The van der Waals surface area contributed by atoms with Crippen molar-refractivity contribution in [2.45, 2.75) is 37.6 Å². The summed E-state index contributed by atoms with van der Waals surface area (Å²) >= 11 is 6.23. The molecule has 17 heteroatoms. The van der Waals surface area contributed by atoms with Crippen LogP contribution in [-0.2, 0) is 22.3 Å². The highest BCUT2D eigenvalue weighted by Gasteiger charge is 2.40. The molecule has 6 rings (SSSR count). The second kappa shape index (κ2) is 13.4. The molecule has 3 atom stereocenters. The fourth-order valence-electron chi connectivity index (χ4n) is 5.59. The summed E-state index contributed by atoms with van der Waals surface area (Å²) in [5, 5.41) is 20.4. The molecule has 0 aliphatic carbocycles. The lowest BCUT2D eigenvalue weighted by atomic mass is 10.0. The summed E-state index contributed by atoms with van der Waals surface area (Å²) in [6, 6.07) is 14.2. The van der Waals surface area contributed by atoms with Gasteiger partial charge in [0, 0.05) is 33.6 Å². The summed E-state index contributed by atoms with van der Waals surface area (Å²) in [6.45, 7) is -0.872. The van der Waals surface area contributed by atoms with E-state index >= 15 is 4.39 Å². The molecule has 1 aliphatic heterocycles. The highest BCUT2D eigenvalue weighted by molar-refractivity contribution is 6.33. The Labute approximate surface area is 279 Å². The number of carbonyl (C=O) groups excluding carboxylic acids is 2. The normalized spacial score (nSPS) is 16.9. The Hall–Kier alpha value is -5.19. The number of aromatic nitrogens is 4. The molecule has 1 saturated heterocycles. The van der Waals surface area contributed by atoms with Crippen molar-refractivity contribution in [3.8, 4) is 11.1 Å². The van der Waals surface area contributed by atoms with Gasteiger partial charge in [-0.3, -0.25) is 14.3 Å². The highest BCUT2D eigenvalue weighted by Crippen LogP contribution is 2.34. The Bertz CT molecular complexity index is 2040. The van der Waals surface area contributed by atoms with Gasteiger partial charge in [-0.25, -0.2) is 18.7 Å². The van der Waals surface area contributed by atoms with Crippen LogP contribution in [0.3, 0.4) is 0 Å². The smallest absolute Gasteiger partial charge is 0.373 e. The highest BCUT2D eigenvalue weighted by atomic mass is 35.5. The summed E-state index contributed by atoms with van der Waals surface area (Å²) in [4.78, 5) is 34.5. The van der Waals surface area contributed by atoms with Crippen LogP contribution in [0.2, 0.25) is 5.02 Å². The Morgan fingerprint density at radius 1 is 1.04 bits per heavy atom. The molecule has 254 valence electrons. The number of nitrogens with two attached hydrogens (primary N) is 1. The van der Waals surface area contributed by atoms with E-state index in [-0.39, 0.29) is 29.1 Å². The second-order valence-electron chi connectivity index (χ2n) is 11.2. The number of alkyl halides is 4. The van der Waals surface area contributed by atoms with Crippen LogP contribution < -0.4 is 16.4 Å². The number of nitrogens with zero attached hydrogens (tertiary/aromatic N) is 5. The van der Waals surface area contributed by atoms with E-state index in [4.69, 9.17) is 17.3 Å². The van der Waals surface area contributed by atoms with Crippen LogP contribution in [0.25, 0.3) is 22.0 Å². The number of halogens is 6. The molecule has 3 heterocycles. The number of aliphatic hydroxyl groups is 1. The van der Waals surface area contributed by atoms with E-state index in [9.17, 15) is 32.3 Å². The predicted octanol–water partition coefficient (Wildman–Crippen LogP) is 5.58. The van der Waals surface area contributed by atoms with Gasteiger partial charge in [-0.1, -0.05) is 41.9 Å². The molecule has 0 spiro atoms. The van der Waals surface area contributed by atoms with Gasteiger partial charge in [-0.2, -0.15) is 18.3 Å². The van der Waals surface area contributed by atoms with Crippen molar-refractivity contribution in [2.24, 2.45) is 5.73 Å². The minimum Gasteiger partial charge on any atom is -0.373 e. The lowest BCUT2D eigenvalue weighted by Gasteiger charge is -2.24. The summed E-state index contributed by atoms with van der Waals surface area (Å²) < 4.78 is 69.9. The van der Waals surface area contributed by atoms with Crippen molar-refractivity contribution < 1.29 is 36.6 Å². The molecule has 0 saturated carbocycles. The summed E-state index contributed by atoms with van der Waals surface area (Å²) in [5.41, 5.74) is 6.89. The number of carbonyl (C=O) groups is 2. The number of rotatable bonds is 8. The van der Waals surface area contributed by atoms with E-state index in [2.05, 4.69) is 25.7 Å². The number of likely N-dealkylation sites (tertiary alicyclic amines) is 1. The van der Waals surface area contributed by atoms with Gasteiger partial charge in [0.05, 0.1) is 35.8 Å². The Morgan fingerprint density at radius 2 is 1.76 bits per heavy atom. The molecular formula is C32H26ClF5N8O3. The van der Waals surface area contributed by atoms with Gasteiger partial charge in [0.15, 0.2) is 5.82 Å². The van der Waals surface area contributed by atoms with E-state index in [1.54, 1.807) is 24.3 Å². The van der Waals surface area contributed by atoms with Gasteiger partial charge in [-0.05, 0) is 30.3 Å². The SMILES string of the molecule is NC(O)c1nn(CC(=O)N2C[C@H](F)C[C@H]2C(=O)Nc2cccc(-c3ccccc3Cl)c2F)c2ccc(Nc3cnc(C(F)(F)F)nc3)cc12. The first-order chi connectivity index (χ1) is 23.3. The monoisotopic (exact) mass is 700 g/mol. The number of anilines is 3. The zero-order chi connectivity index (χ0) is 35.0. The third-order valence-corrected chi connectivity index (χ3v) is 8.16. The Morgan fingerprint density at radius 3 is 2.45 bits per heavy atom. The zero-order valence-electron chi connectivity index (χ0n) is 25.1. The van der Waals surface area contributed by atoms with Crippen molar-refractivity contribution in [3.63, 3.8) is 0 Å². The first-order valence-electron chi connectivity index (χ1n) is 14.7. The first kappa shape index (κ1) is 33.7. The maximum atomic E-state index is 15.5. The quantitative estimate of drug-likeness (QED) is 0.121. The van der Waals surface area contributed by atoms with Crippen molar-refractivity contribution in [1.29, 1.82) is 0 Å². The maximum absolute atomic E-state index is 15.5. The van der Waals surface area contributed by atoms with Gasteiger partial charge in [0.25, 0.3) is 0 Å². The number of aliphatic hydroxyl groups excluding tert-OH is 1. The topological polar surface area (TPSA) is 151 Å². The maximum Gasteiger partial charge on any atom is 0.451 e. The zero-order valence-corrected chi connectivity index (χ0v) is 25.9. The van der Waals surface area contributed by atoms with Crippen LogP contribution in [-0.4, -0.2) is 60.3 Å². The van der Waals surface area contributed by atoms with Crippen LogP contribution in [0.4, 0.5) is 39.0 Å². The van der Waals surface area contributed by atoms with E-state index in [0.717, 1.165) is 17.3 Å². The van der Waals surface area contributed by atoms with Crippen LogP contribution in [0.5, 0.6) is 0 Å². The lowest BCUT2D eigenvalue weighted by molar-refractivity contribution is -0.145. The number of hydrogen-bond acceptors (Lipinski definition) is 8. The van der Waals surface area contributed by atoms with Gasteiger partial charge >= 0.3 is 6.18 Å². The van der Waals surface area contributed by atoms with Crippen molar-refractivity contribution in [1.82, 2.24) is 24.6 Å². The van der Waals surface area contributed by atoms with E-state index < -0.39 is 61.2 Å². The van der Waals surface area contributed by atoms with Gasteiger partial charge < -0.3 is 26.4 Å². The fourth-order valence-corrected chi connectivity index (χ4v) is 5.82. The molecule has 0 radical (unpaired) electrons. The van der Waals surface area contributed by atoms with Crippen LogP contribution in [0.1, 0.15) is 24.2 Å². The molecule has 1 unspecified atom stereocenters. The lowest BCUT2D eigenvalue weighted by Crippen LogP contribution is -2.44. The van der Waals surface area contributed by atoms with Crippen LogP contribution in [0.15, 0.2) is 73.1 Å². The summed E-state index contributed by atoms with van der Waals surface area (Å²) in [7, 11) is 0. The third kappa shape index (κ3) is 7.02. The van der Waals surface area contributed by atoms with Gasteiger partial charge in [-0.15, -0.1) is 0 Å².